The summed E-state index contributed by atoms with van der Waals surface area (Å²) < 4.78 is 13.7. The topological polar surface area (TPSA) is 69.9 Å². The number of nitrogens with zero attached hydrogens (tertiary/aromatic N) is 2. The monoisotopic (exact) mass is 594 g/mol. The van der Waals surface area contributed by atoms with E-state index in [1.54, 1.807) is 50.3 Å². The lowest BCUT2D eigenvalue weighted by Crippen LogP contribution is -2.40. The Morgan fingerprint density at radius 3 is 2.66 bits per heavy atom. The van der Waals surface area contributed by atoms with Crippen molar-refractivity contribution in [2.75, 3.05) is 13.2 Å². The van der Waals surface area contributed by atoms with Crippen molar-refractivity contribution in [2.24, 2.45) is 4.99 Å². The van der Waals surface area contributed by atoms with Crippen LogP contribution in [0.25, 0.3) is 6.08 Å². The molecule has 0 fully saturated rings. The van der Waals surface area contributed by atoms with E-state index in [1.807, 2.05) is 13.0 Å². The van der Waals surface area contributed by atoms with E-state index in [2.05, 4.69) is 20.9 Å². The van der Waals surface area contributed by atoms with Gasteiger partial charge >= 0.3 is 5.97 Å². The van der Waals surface area contributed by atoms with Crippen LogP contribution in [-0.4, -0.2) is 23.8 Å². The van der Waals surface area contributed by atoms with Gasteiger partial charge in [0.2, 0.25) is 0 Å². The zero-order valence-electron chi connectivity index (χ0n) is 19.1. The van der Waals surface area contributed by atoms with Crippen LogP contribution in [-0.2, 0) is 9.53 Å². The van der Waals surface area contributed by atoms with Gasteiger partial charge in [0.15, 0.2) is 4.80 Å². The highest BCUT2D eigenvalue weighted by atomic mass is 79.9. The summed E-state index contributed by atoms with van der Waals surface area (Å²) in [4.78, 5) is 31.8. The molecule has 182 valence electrons. The number of carbonyl (C=O) groups is 1. The van der Waals surface area contributed by atoms with Crippen LogP contribution < -0.4 is 19.6 Å². The smallest absolute Gasteiger partial charge is 0.338 e. The molecular formula is C25H21BrCl2N2O4S. The van der Waals surface area contributed by atoms with Crippen LogP contribution in [0.5, 0.6) is 5.75 Å². The third-order valence-corrected chi connectivity index (χ3v) is 7.46. The summed E-state index contributed by atoms with van der Waals surface area (Å²) in [5, 5.41) is 0.926. The van der Waals surface area contributed by atoms with Gasteiger partial charge in [-0.1, -0.05) is 52.7 Å². The van der Waals surface area contributed by atoms with Crippen molar-refractivity contribution in [1.29, 1.82) is 0 Å². The van der Waals surface area contributed by atoms with Gasteiger partial charge in [-0.25, -0.2) is 9.79 Å². The molecule has 35 heavy (non-hydrogen) atoms. The molecule has 0 radical (unpaired) electrons. The van der Waals surface area contributed by atoms with Crippen molar-refractivity contribution >= 4 is 62.5 Å². The molecule has 0 saturated heterocycles. The number of halogens is 3. The fourth-order valence-electron chi connectivity index (χ4n) is 3.91. The molecule has 2 heterocycles. The van der Waals surface area contributed by atoms with Gasteiger partial charge in [-0.15, -0.1) is 0 Å². The van der Waals surface area contributed by atoms with Crippen LogP contribution in [0.1, 0.15) is 37.9 Å². The predicted octanol–water partition coefficient (Wildman–Crippen LogP) is 5.27. The Labute approximate surface area is 224 Å². The maximum atomic E-state index is 13.8. The normalized spacial score (nSPS) is 15.6. The molecule has 0 saturated carbocycles. The van der Waals surface area contributed by atoms with E-state index < -0.39 is 12.0 Å². The summed E-state index contributed by atoms with van der Waals surface area (Å²) in [6.07, 6.45) is 1.72. The molecule has 6 nitrogen and oxygen atoms in total. The third-order valence-electron chi connectivity index (χ3n) is 5.33. The number of allylic oxidation sites excluding steroid dienone is 1. The Kier molecular flexibility index (Phi) is 7.86. The Morgan fingerprint density at radius 1 is 1.23 bits per heavy atom. The second-order valence-corrected chi connectivity index (χ2v) is 10.3. The van der Waals surface area contributed by atoms with Crippen molar-refractivity contribution in [2.45, 2.75) is 26.8 Å². The van der Waals surface area contributed by atoms with Crippen LogP contribution in [0.15, 0.2) is 61.9 Å². The average Bonchev–Trinajstić information content (AvgIpc) is 3.10. The van der Waals surface area contributed by atoms with Crippen LogP contribution in [0.4, 0.5) is 0 Å². The van der Waals surface area contributed by atoms with Crippen LogP contribution in [0, 0.1) is 0 Å². The second kappa shape index (κ2) is 10.7. The summed E-state index contributed by atoms with van der Waals surface area (Å²) in [7, 11) is 0. The lowest BCUT2D eigenvalue weighted by Gasteiger charge is -2.25. The third kappa shape index (κ3) is 4.98. The average molecular weight is 596 g/mol. The van der Waals surface area contributed by atoms with E-state index in [9.17, 15) is 9.59 Å². The molecule has 0 spiro atoms. The maximum absolute atomic E-state index is 13.8. The molecular weight excluding hydrogens is 575 g/mol. The zero-order chi connectivity index (χ0) is 25.3. The summed E-state index contributed by atoms with van der Waals surface area (Å²) in [5.74, 6) is 0.0409. The van der Waals surface area contributed by atoms with Crippen LogP contribution >= 0.6 is 50.5 Å². The maximum Gasteiger partial charge on any atom is 0.338 e. The highest BCUT2D eigenvalue weighted by Gasteiger charge is 2.34. The first-order chi connectivity index (χ1) is 16.8. The molecule has 1 aromatic heterocycles. The Bertz CT molecular complexity index is 1530. The zero-order valence-corrected chi connectivity index (χ0v) is 23.0. The fourth-order valence-corrected chi connectivity index (χ4v) is 6.13. The van der Waals surface area contributed by atoms with Crippen molar-refractivity contribution < 1.29 is 14.3 Å². The van der Waals surface area contributed by atoms with E-state index in [1.165, 1.54) is 15.9 Å². The number of rotatable bonds is 6. The first-order valence-electron chi connectivity index (χ1n) is 10.8. The van der Waals surface area contributed by atoms with Gasteiger partial charge in [-0.3, -0.25) is 9.36 Å². The summed E-state index contributed by atoms with van der Waals surface area (Å²) in [6.45, 7) is 5.97. The molecule has 2 aromatic carbocycles. The van der Waals surface area contributed by atoms with Crippen molar-refractivity contribution in [3.63, 3.8) is 0 Å². The largest absolute Gasteiger partial charge is 0.492 e. The molecule has 0 N–H and O–H groups in total. The number of esters is 1. The Hall–Kier alpha value is -2.39. The summed E-state index contributed by atoms with van der Waals surface area (Å²) in [5.41, 5.74) is 1.69. The molecule has 0 amide bonds. The van der Waals surface area contributed by atoms with Gasteiger partial charge in [-0.2, -0.15) is 0 Å². The molecule has 0 unspecified atom stereocenters. The number of hydrogen-bond acceptors (Lipinski definition) is 6. The lowest BCUT2D eigenvalue weighted by atomic mass is 9.96. The highest BCUT2D eigenvalue weighted by molar-refractivity contribution is 9.10. The number of carbonyl (C=O) groups excluding carboxylic acids is 1. The number of aromatic nitrogens is 1. The first-order valence-corrected chi connectivity index (χ1v) is 13.2. The fraction of sp³-hybridized carbons (Fsp3) is 0.240. The number of benzene rings is 2. The summed E-state index contributed by atoms with van der Waals surface area (Å²) in [6, 6.07) is 9.81. The standard InChI is InChI=1S/C25H21BrCl2N2O4S/c1-4-33-22-14(10-15(27)12-17(22)26)11-19-23(31)30-21(16-8-6-7-9-18(16)28)20(24(32)34-5-2)13(3)29-25(30)35-19/h6-12,21H,4-5H2,1-3H3/b19-11-/t21-/m1/s1. The van der Waals surface area contributed by atoms with Gasteiger partial charge in [0.25, 0.3) is 5.56 Å². The van der Waals surface area contributed by atoms with Crippen LogP contribution in [0.3, 0.4) is 0 Å². The molecule has 4 rings (SSSR count). The Balaban J connectivity index is 2.00. The molecule has 1 atom stereocenters. The molecule has 3 aromatic rings. The second-order valence-electron chi connectivity index (χ2n) is 7.56. The number of hydrogen-bond donors (Lipinski definition) is 0. The molecule has 10 heteroatoms. The Morgan fingerprint density at radius 2 is 1.97 bits per heavy atom. The molecule has 1 aliphatic rings. The quantitative estimate of drug-likeness (QED) is 0.364. The van der Waals surface area contributed by atoms with E-state index >= 15 is 0 Å². The van der Waals surface area contributed by atoms with E-state index in [4.69, 9.17) is 32.7 Å². The molecule has 0 bridgehead atoms. The number of ether oxygens (including phenoxy) is 2. The highest BCUT2D eigenvalue weighted by Crippen LogP contribution is 2.35. The number of fused-ring (bicyclic) bond motifs is 1. The minimum absolute atomic E-state index is 0.194. The van der Waals surface area contributed by atoms with E-state index in [0.29, 0.717) is 53.0 Å². The van der Waals surface area contributed by atoms with Crippen molar-refractivity contribution in [3.05, 3.63) is 93.0 Å². The SMILES string of the molecule is CCOC(=O)C1=C(C)N=c2s/c(=C\c3cc(Cl)cc(Br)c3OCC)c(=O)n2[C@@H]1c1ccccc1Cl. The van der Waals surface area contributed by atoms with E-state index in [0.717, 1.165) is 0 Å². The van der Waals surface area contributed by atoms with Gasteiger partial charge in [-0.05, 0) is 66.5 Å². The first kappa shape index (κ1) is 25.7. The minimum atomic E-state index is -0.779. The van der Waals surface area contributed by atoms with Gasteiger partial charge in [0, 0.05) is 15.6 Å². The van der Waals surface area contributed by atoms with Crippen LogP contribution in [0.2, 0.25) is 10.0 Å². The minimum Gasteiger partial charge on any atom is -0.492 e. The molecule has 1 aliphatic heterocycles. The van der Waals surface area contributed by atoms with Gasteiger partial charge < -0.3 is 9.47 Å². The van der Waals surface area contributed by atoms with Gasteiger partial charge in [0.05, 0.1) is 33.5 Å². The van der Waals surface area contributed by atoms with E-state index in [-0.39, 0.29) is 17.7 Å². The van der Waals surface area contributed by atoms with Crippen molar-refractivity contribution in [1.82, 2.24) is 4.57 Å². The van der Waals surface area contributed by atoms with Crippen molar-refractivity contribution in [3.8, 4) is 5.75 Å². The summed E-state index contributed by atoms with van der Waals surface area (Å²) >= 11 is 17.5. The number of thiazole rings is 1. The predicted molar refractivity (Wildman–Crippen MR) is 142 cm³/mol. The van der Waals surface area contributed by atoms with Gasteiger partial charge in [0.1, 0.15) is 11.8 Å². The lowest BCUT2D eigenvalue weighted by molar-refractivity contribution is -0.139. The molecule has 0 aliphatic carbocycles.